The predicted octanol–water partition coefficient (Wildman–Crippen LogP) is 2.81. The van der Waals surface area contributed by atoms with Crippen molar-refractivity contribution < 1.29 is 13.9 Å². The molecule has 1 saturated heterocycles. The number of rotatable bonds is 7. The molecule has 5 nitrogen and oxygen atoms in total. The number of halogens is 2. The minimum Gasteiger partial charge on any atom is -0.488 e. The van der Waals surface area contributed by atoms with E-state index in [1.807, 2.05) is 6.92 Å². The van der Waals surface area contributed by atoms with Gasteiger partial charge in [0.25, 0.3) is 0 Å². The molecule has 0 aliphatic carbocycles. The molecule has 0 aromatic heterocycles. The molecule has 0 spiro atoms. The Balaban J connectivity index is 0.00000288. The summed E-state index contributed by atoms with van der Waals surface area (Å²) in [4.78, 5) is 4.14. The van der Waals surface area contributed by atoms with E-state index in [1.54, 1.807) is 7.05 Å². The van der Waals surface area contributed by atoms with Crippen molar-refractivity contribution in [2.24, 2.45) is 4.99 Å². The normalized spacial score (nSPS) is 17.3. The third-order valence-corrected chi connectivity index (χ3v) is 3.68. The zero-order chi connectivity index (χ0) is 16.5. The van der Waals surface area contributed by atoms with Gasteiger partial charge in [0, 0.05) is 32.1 Å². The average molecular weight is 451 g/mol. The zero-order valence-electron chi connectivity index (χ0n) is 14.3. The zero-order valence-corrected chi connectivity index (χ0v) is 16.6. The lowest BCUT2D eigenvalue weighted by atomic mass is 10.1. The quantitative estimate of drug-likeness (QED) is 0.290. The second-order valence-corrected chi connectivity index (χ2v) is 5.61. The molecule has 7 heteroatoms. The van der Waals surface area contributed by atoms with E-state index >= 15 is 0 Å². The topological polar surface area (TPSA) is 54.9 Å². The number of hydrogen-bond donors (Lipinski definition) is 2. The lowest BCUT2D eigenvalue weighted by molar-refractivity contribution is 0.140. The minimum absolute atomic E-state index is 0. The molecule has 0 saturated carbocycles. The van der Waals surface area contributed by atoms with Gasteiger partial charge in [-0.2, -0.15) is 0 Å². The number of hydrogen-bond acceptors (Lipinski definition) is 3. The molecule has 1 aromatic carbocycles. The molecular weight excluding hydrogens is 424 g/mol. The second kappa shape index (κ2) is 11.5. The van der Waals surface area contributed by atoms with Crippen molar-refractivity contribution in [3.8, 4) is 5.75 Å². The molecule has 1 atom stereocenters. The van der Waals surface area contributed by atoms with Crippen LogP contribution in [0, 0.1) is 6.92 Å². The molecule has 1 aliphatic rings. The van der Waals surface area contributed by atoms with Crippen LogP contribution in [0.15, 0.2) is 23.2 Å². The van der Waals surface area contributed by atoms with Crippen molar-refractivity contribution in [1.29, 1.82) is 0 Å². The first-order valence-electron chi connectivity index (χ1n) is 8.07. The molecule has 136 valence electrons. The Morgan fingerprint density at radius 2 is 2.25 bits per heavy atom. The molecular formula is C17H27FIN3O2. The molecule has 1 aromatic rings. The summed E-state index contributed by atoms with van der Waals surface area (Å²) in [6, 6.07) is 6.17. The van der Waals surface area contributed by atoms with Crippen molar-refractivity contribution >= 4 is 29.9 Å². The highest BCUT2D eigenvalue weighted by Gasteiger charge is 2.18. The Morgan fingerprint density at radius 1 is 1.42 bits per heavy atom. The number of nitrogens with zero attached hydrogens (tertiary/aromatic N) is 1. The summed E-state index contributed by atoms with van der Waals surface area (Å²) < 4.78 is 23.6. The summed E-state index contributed by atoms with van der Waals surface area (Å²) in [6.07, 6.45) is 1.52. The molecule has 1 heterocycles. The van der Waals surface area contributed by atoms with Crippen LogP contribution in [0.4, 0.5) is 4.39 Å². The Bertz CT molecular complexity index is 523. The summed E-state index contributed by atoms with van der Waals surface area (Å²) in [6.45, 7) is 4.28. The van der Waals surface area contributed by atoms with E-state index in [1.165, 1.54) is 0 Å². The predicted molar refractivity (Wildman–Crippen MR) is 105 cm³/mol. The SMILES string of the molecule is CN=C(NCCCF)NCc1ccc(C)cc1OC1CCOC1.I. The second-order valence-electron chi connectivity index (χ2n) is 5.61. The van der Waals surface area contributed by atoms with Gasteiger partial charge < -0.3 is 20.1 Å². The summed E-state index contributed by atoms with van der Waals surface area (Å²) in [7, 11) is 1.70. The smallest absolute Gasteiger partial charge is 0.191 e. The number of benzene rings is 1. The Hall–Kier alpha value is -1.09. The van der Waals surface area contributed by atoms with E-state index in [2.05, 4.69) is 33.8 Å². The molecule has 0 radical (unpaired) electrons. The largest absolute Gasteiger partial charge is 0.488 e. The molecule has 2 rings (SSSR count). The number of aryl methyl sites for hydroxylation is 1. The Morgan fingerprint density at radius 3 is 2.92 bits per heavy atom. The van der Waals surface area contributed by atoms with Gasteiger partial charge in [0.2, 0.25) is 0 Å². The van der Waals surface area contributed by atoms with E-state index in [4.69, 9.17) is 9.47 Å². The Labute approximate surface area is 160 Å². The third-order valence-electron chi connectivity index (χ3n) is 3.68. The number of aliphatic imine (C=N–C) groups is 1. The van der Waals surface area contributed by atoms with Crippen LogP contribution in [0.3, 0.4) is 0 Å². The summed E-state index contributed by atoms with van der Waals surface area (Å²) >= 11 is 0. The lowest BCUT2D eigenvalue weighted by Crippen LogP contribution is -2.37. The van der Waals surface area contributed by atoms with Gasteiger partial charge in [0.15, 0.2) is 5.96 Å². The summed E-state index contributed by atoms with van der Waals surface area (Å²) in [5, 5.41) is 6.32. The highest BCUT2D eigenvalue weighted by Crippen LogP contribution is 2.23. The van der Waals surface area contributed by atoms with Crippen LogP contribution in [0.25, 0.3) is 0 Å². The maximum atomic E-state index is 12.2. The van der Waals surface area contributed by atoms with Gasteiger partial charge in [-0.05, 0) is 25.0 Å². The van der Waals surface area contributed by atoms with Crippen molar-refractivity contribution in [1.82, 2.24) is 10.6 Å². The Kier molecular flexibility index (Phi) is 10.0. The van der Waals surface area contributed by atoms with Crippen LogP contribution >= 0.6 is 24.0 Å². The summed E-state index contributed by atoms with van der Waals surface area (Å²) in [5.74, 6) is 1.54. The fraction of sp³-hybridized carbons (Fsp3) is 0.588. The van der Waals surface area contributed by atoms with E-state index < -0.39 is 0 Å². The van der Waals surface area contributed by atoms with Crippen molar-refractivity contribution in [3.05, 3.63) is 29.3 Å². The molecule has 0 amide bonds. The maximum absolute atomic E-state index is 12.2. The van der Waals surface area contributed by atoms with Crippen molar-refractivity contribution in [2.75, 3.05) is 33.5 Å². The molecule has 0 bridgehead atoms. The molecule has 1 unspecified atom stereocenters. The number of alkyl halides is 1. The number of nitrogens with one attached hydrogen (secondary N) is 2. The van der Waals surface area contributed by atoms with Gasteiger partial charge in [0.1, 0.15) is 11.9 Å². The first-order chi connectivity index (χ1) is 11.2. The van der Waals surface area contributed by atoms with E-state index in [0.717, 1.165) is 29.9 Å². The average Bonchev–Trinajstić information content (AvgIpc) is 3.05. The van der Waals surface area contributed by atoms with Crippen LogP contribution in [-0.2, 0) is 11.3 Å². The van der Waals surface area contributed by atoms with Crippen LogP contribution in [0.5, 0.6) is 5.75 Å². The standard InChI is InChI=1S/C17H26FN3O2.HI/c1-13-4-5-14(11-21-17(19-2)20-8-3-7-18)16(10-13)23-15-6-9-22-12-15;/h4-5,10,15H,3,6-9,11-12H2,1-2H3,(H2,19,20,21);1H. The highest BCUT2D eigenvalue weighted by molar-refractivity contribution is 14.0. The molecule has 1 aliphatic heterocycles. The highest BCUT2D eigenvalue weighted by atomic mass is 127. The van der Waals surface area contributed by atoms with E-state index in [9.17, 15) is 4.39 Å². The maximum Gasteiger partial charge on any atom is 0.191 e. The fourth-order valence-corrected chi connectivity index (χ4v) is 2.38. The molecule has 1 fully saturated rings. The first kappa shape index (κ1) is 21.0. The first-order valence-corrected chi connectivity index (χ1v) is 8.07. The van der Waals surface area contributed by atoms with Crippen LogP contribution in [-0.4, -0.2) is 45.5 Å². The van der Waals surface area contributed by atoms with Gasteiger partial charge in [0.05, 0.1) is 19.9 Å². The van der Waals surface area contributed by atoms with Gasteiger partial charge in [-0.15, -0.1) is 24.0 Å². The molecule has 2 N–H and O–H groups in total. The van der Waals surface area contributed by atoms with Gasteiger partial charge in [-0.25, -0.2) is 0 Å². The van der Waals surface area contributed by atoms with E-state index in [-0.39, 0.29) is 36.8 Å². The van der Waals surface area contributed by atoms with Gasteiger partial charge >= 0.3 is 0 Å². The molecule has 24 heavy (non-hydrogen) atoms. The monoisotopic (exact) mass is 451 g/mol. The van der Waals surface area contributed by atoms with Crippen LogP contribution < -0.4 is 15.4 Å². The van der Waals surface area contributed by atoms with Gasteiger partial charge in [-0.1, -0.05) is 12.1 Å². The van der Waals surface area contributed by atoms with Crippen LogP contribution in [0.1, 0.15) is 24.0 Å². The minimum atomic E-state index is -0.330. The van der Waals surface area contributed by atoms with Crippen molar-refractivity contribution in [3.63, 3.8) is 0 Å². The van der Waals surface area contributed by atoms with Crippen molar-refractivity contribution in [2.45, 2.75) is 32.4 Å². The number of ether oxygens (including phenoxy) is 2. The van der Waals surface area contributed by atoms with E-state index in [0.29, 0.717) is 32.1 Å². The van der Waals surface area contributed by atoms with Gasteiger partial charge in [-0.3, -0.25) is 9.38 Å². The van der Waals surface area contributed by atoms with Crippen LogP contribution in [0.2, 0.25) is 0 Å². The fourth-order valence-electron chi connectivity index (χ4n) is 2.38. The lowest BCUT2D eigenvalue weighted by Gasteiger charge is -2.18. The number of guanidine groups is 1. The third kappa shape index (κ3) is 6.80. The summed E-state index contributed by atoms with van der Waals surface area (Å²) in [5.41, 5.74) is 2.23.